The fourth-order valence-electron chi connectivity index (χ4n) is 4.47. The maximum atomic E-state index is 11.5. The van der Waals surface area contributed by atoms with Gasteiger partial charge in [-0.2, -0.15) is 16.6 Å². The predicted octanol–water partition coefficient (Wildman–Crippen LogP) is 5.40. The summed E-state index contributed by atoms with van der Waals surface area (Å²) < 4.78 is 5.86. The molecule has 3 rings (SSSR count). The van der Waals surface area contributed by atoms with Gasteiger partial charge in [-0.15, -0.1) is 0 Å². The molecule has 2 aromatic rings. The summed E-state index contributed by atoms with van der Waals surface area (Å²) >= 11 is 1.54. The SMILES string of the molecule is [C-]#[N+]c1csc(C(C#N)(CCCN2CCN(CCOc3cccc(C(C)=O)c3)CC2)C(C)C)c1. The Balaban J connectivity index is 1.41. The van der Waals surface area contributed by atoms with E-state index in [0.717, 1.165) is 62.7 Å². The average Bonchev–Trinajstić information content (AvgIpc) is 3.32. The molecule has 7 heteroatoms. The second-order valence-corrected chi connectivity index (χ2v) is 10.1. The minimum atomic E-state index is -0.521. The molecule has 2 heterocycles. The molecule has 1 aromatic heterocycles. The van der Waals surface area contributed by atoms with Gasteiger partial charge in [0.2, 0.25) is 0 Å². The van der Waals surface area contributed by atoms with Crippen LogP contribution in [0.15, 0.2) is 35.7 Å². The lowest BCUT2D eigenvalue weighted by Crippen LogP contribution is -2.47. The summed E-state index contributed by atoms with van der Waals surface area (Å²) in [4.78, 5) is 21.0. The lowest BCUT2D eigenvalue weighted by molar-refractivity contribution is 0.101. The molecule has 1 fully saturated rings. The number of rotatable bonds is 11. The van der Waals surface area contributed by atoms with Crippen LogP contribution < -0.4 is 4.74 Å². The number of Topliss-reactive ketones (excluding diaryl/α,β-unsaturated/α-hetero) is 1. The van der Waals surface area contributed by atoms with Gasteiger partial charge < -0.3 is 9.64 Å². The van der Waals surface area contributed by atoms with Gasteiger partial charge in [0, 0.05) is 43.2 Å². The Kier molecular flexibility index (Phi) is 9.24. The van der Waals surface area contributed by atoms with E-state index in [1.807, 2.05) is 23.6 Å². The van der Waals surface area contributed by atoms with Crippen molar-refractivity contribution in [1.29, 1.82) is 5.26 Å². The number of hydrogen-bond acceptors (Lipinski definition) is 6. The van der Waals surface area contributed by atoms with E-state index >= 15 is 0 Å². The van der Waals surface area contributed by atoms with Crippen LogP contribution in [0.5, 0.6) is 5.75 Å². The van der Waals surface area contributed by atoms with Gasteiger partial charge in [-0.3, -0.25) is 9.69 Å². The van der Waals surface area contributed by atoms with E-state index in [2.05, 4.69) is 34.6 Å². The van der Waals surface area contributed by atoms with E-state index in [9.17, 15) is 10.1 Å². The van der Waals surface area contributed by atoms with E-state index in [-0.39, 0.29) is 11.7 Å². The van der Waals surface area contributed by atoms with E-state index in [1.54, 1.807) is 30.4 Å². The molecule has 0 spiro atoms. The van der Waals surface area contributed by atoms with E-state index in [4.69, 9.17) is 11.3 Å². The van der Waals surface area contributed by atoms with Crippen molar-refractivity contribution in [3.8, 4) is 11.8 Å². The number of carbonyl (C=O) groups excluding carboxylic acids is 1. The number of thiophene rings is 1. The van der Waals surface area contributed by atoms with Gasteiger partial charge in [0.25, 0.3) is 0 Å². The molecule has 180 valence electrons. The maximum Gasteiger partial charge on any atom is 0.198 e. The Labute approximate surface area is 207 Å². The second kappa shape index (κ2) is 12.1. The fraction of sp³-hybridized carbons (Fsp3) is 0.519. The van der Waals surface area contributed by atoms with Gasteiger partial charge in [0.15, 0.2) is 11.5 Å². The molecule has 1 aliphatic heterocycles. The van der Waals surface area contributed by atoms with Crippen molar-refractivity contribution >= 4 is 22.8 Å². The van der Waals surface area contributed by atoms with Crippen molar-refractivity contribution in [2.24, 2.45) is 5.92 Å². The Bertz CT molecular complexity index is 1040. The van der Waals surface area contributed by atoms with Gasteiger partial charge in [0.05, 0.1) is 18.1 Å². The number of piperazine rings is 1. The fourth-order valence-corrected chi connectivity index (χ4v) is 5.62. The van der Waals surface area contributed by atoms with E-state index in [1.165, 1.54) is 0 Å². The third-order valence-electron chi connectivity index (χ3n) is 6.77. The summed E-state index contributed by atoms with van der Waals surface area (Å²) in [6.45, 7) is 19.5. The molecule has 1 aromatic carbocycles. The number of benzene rings is 1. The van der Waals surface area contributed by atoms with Crippen molar-refractivity contribution < 1.29 is 9.53 Å². The van der Waals surface area contributed by atoms with Gasteiger partial charge in [-0.05, 0) is 55.8 Å². The molecule has 0 amide bonds. The summed E-state index contributed by atoms with van der Waals surface area (Å²) in [5.41, 5.74) is 0.786. The van der Waals surface area contributed by atoms with Gasteiger partial charge in [-0.25, -0.2) is 4.85 Å². The first-order valence-electron chi connectivity index (χ1n) is 11.9. The molecule has 0 bridgehead atoms. The quantitative estimate of drug-likeness (QED) is 0.320. The molecule has 0 N–H and O–H groups in total. The molecule has 0 saturated carbocycles. The van der Waals surface area contributed by atoms with Crippen LogP contribution in [0.2, 0.25) is 0 Å². The largest absolute Gasteiger partial charge is 0.492 e. The number of ether oxygens (including phenoxy) is 1. The average molecular weight is 479 g/mol. The first kappa shape index (κ1) is 25.9. The van der Waals surface area contributed by atoms with E-state index < -0.39 is 5.41 Å². The Morgan fingerprint density at radius 2 is 1.94 bits per heavy atom. The minimum Gasteiger partial charge on any atom is -0.492 e. The highest BCUT2D eigenvalue weighted by Crippen LogP contribution is 2.41. The standard InChI is InChI=1S/C27H34N4O2S/c1-21(2)27(20-28,26-18-24(29-4)19-34-26)9-6-10-30-11-13-31(14-12-30)15-16-33-25-8-5-7-23(17-25)22(3)32/h5,7-8,17-19,21H,6,9-16H2,1-3H3. The van der Waals surface area contributed by atoms with Crippen molar-refractivity contribution in [3.05, 3.63) is 57.6 Å². The van der Waals surface area contributed by atoms with Crippen LogP contribution in [0.3, 0.4) is 0 Å². The number of ketones is 1. The van der Waals surface area contributed by atoms with Gasteiger partial charge in [0.1, 0.15) is 12.4 Å². The summed E-state index contributed by atoms with van der Waals surface area (Å²) in [7, 11) is 0. The molecule has 1 unspecified atom stereocenters. The van der Waals surface area contributed by atoms with Crippen molar-refractivity contribution in [3.63, 3.8) is 0 Å². The summed E-state index contributed by atoms with van der Waals surface area (Å²) in [6, 6.07) is 11.9. The smallest absolute Gasteiger partial charge is 0.198 e. The van der Waals surface area contributed by atoms with Crippen LogP contribution >= 0.6 is 11.3 Å². The molecule has 1 saturated heterocycles. The van der Waals surface area contributed by atoms with Crippen LogP contribution in [-0.2, 0) is 5.41 Å². The highest BCUT2D eigenvalue weighted by Gasteiger charge is 2.37. The monoisotopic (exact) mass is 478 g/mol. The van der Waals surface area contributed by atoms with Crippen LogP contribution in [0, 0.1) is 23.8 Å². The highest BCUT2D eigenvalue weighted by molar-refractivity contribution is 7.10. The topological polar surface area (TPSA) is 60.9 Å². The third kappa shape index (κ3) is 6.45. The Morgan fingerprint density at radius 1 is 1.24 bits per heavy atom. The third-order valence-corrected chi connectivity index (χ3v) is 7.86. The molecule has 0 radical (unpaired) electrons. The zero-order valence-corrected chi connectivity index (χ0v) is 21.2. The number of nitrogens with zero attached hydrogens (tertiary/aromatic N) is 4. The lowest BCUT2D eigenvalue weighted by atomic mass is 9.73. The second-order valence-electron chi connectivity index (χ2n) is 9.24. The Morgan fingerprint density at radius 3 is 2.53 bits per heavy atom. The maximum absolute atomic E-state index is 11.5. The number of carbonyl (C=O) groups is 1. The van der Waals surface area contributed by atoms with Crippen molar-refractivity contribution in [1.82, 2.24) is 9.80 Å². The first-order valence-corrected chi connectivity index (χ1v) is 12.8. The molecular weight excluding hydrogens is 444 g/mol. The van der Waals surface area contributed by atoms with Crippen LogP contribution in [0.1, 0.15) is 48.8 Å². The van der Waals surface area contributed by atoms with Crippen molar-refractivity contribution in [2.45, 2.75) is 39.0 Å². The summed E-state index contributed by atoms with van der Waals surface area (Å²) in [5.74, 6) is 0.986. The molecule has 0 aliphatic carbocycles. The Hall–Kier alpha value is -2.71. The first-order chi connectivity index (χ1) is 16.4. The zero-order chi connectivity index (χ0) is 24.6. The van der Waals surface area contributed by atoms with Gasteiger partial charge >= 0.3 is 0 Å². The summed E-state index contributed by atoms with van der Waals surface area (Å²) in [6.07, 6.45) is 1.78. The number of nitriles is 1. The highest BCUT2D eigenvalue weighted by atomic mass is 32.1. The predicted molar refractivity (Wildman–Crippen MR) is 137 cm³/mol. The van der Waals surface area contributed by atoms with Crippen molar-refractivity contribution in [2.75, 3.05) is 45.9 Å². The molecular formula is C27H34N4O2S. The molecule has 6 nitrogen and oxygen atoms in total. The minimum absolute atomic E-state index is 0.0467. The zero-order valence-electron chi connectivity index (χ0n) is 20.4. The molecule has 1 atom stereocenters. The van der Waals surface area contributed by atoms with Crippen LogP contribution in [0.25, 0.3) is 4.85 Å². The molecule has 1 aliphatic rings. The molecule has 34 heavy (non-hydrogen) atoms. The van der Waals surface area contributed by atoms with E-state index in [0.29, 0.717) is 17.9 Å². The lowest BCUT2D eigenvalue weighted by Gasteiger charge is -2.36. The summed E-state index contributed by atoms with van der Waals surface area (Å²) in [5, 5.41) is 12.0. The van der Waals surface area contributed by atoms with Gasteiger partial charge in [-0.1, -0.05) is 26.0 Å². The normalized spacial score (nSPS) is 16.5. The number of hydrogen-bond donors (Lipinski definition) is 0. The van der Waals surface area contributed by atoms with Crippen LogP contribution in [0.4, 0.5) is 5.69 Å². The van der Waals surface area contributed by atoms with Crippen LogP contribution in [-0.4, -0.2) is 61.5 Å².